The Labute approximate surface area is 196 Å². The van der Waals surface area contributed by atoms with E-state index in [1.807, 2.05) is 22.9 Å². The summed E-state index contributed by atoms with van der Waals surface area (Å²) in [6, 6.07) is 16.5. The highest BCUT2D eigenvalue weighted by molar-refractivity contribution is 5.56. The molecule has 1 aromatic heterocycles. The lowest BCUT2D eigenvalue weighted by Gasteiger charge is -2.41. The van der Waals surface area contributed by atoms with Gasteiger partial charge in [0.25, 0.3) is 0 Å². The second kappa shape index (κ2) is 9.32. The van der Waals surface area contributed by atoms with Gasteiger partial charge in [0, 0.05) is 31.9 Å². The van der Waals surface area contributed by atoms with Crippen LogP contribution < -0.4 is 4.90 Å². The van der Waals surface area contributed by atoms with Crippen LogP contribution in [-0.4, -0.2) is 51.3 Å². The molecule has 1 saturated heterocycles. The predicted molar refractivity (Wildman–Crippen MR) is 130 cm³/mol. The van der Waals surface area contributed by atoms with Gasteiger partial charge in [-0.2, -0.15) is 5.26 Å². The van der Waals surface area contributed by atoms with Gasteiger partial charge in [-0.3, -0.25) is 4.90 Å². The summed E-state index contributed by atoms with van der Waals surface area (Å²) >= 11 is 0. The molecule has 0 amide bonds. The van der Waals surface area contributed by atoms with Crippen molar-refractivity contribution in [3.8, 4) is 6.07 Å². The van der Waals surface area contributed by atoms with E-state index in [0.717, 1.165) is 44.0 Å². The maximum atomic E-state index is 9.50. The van der Waals surface area contributed by atoms with E-state index in [-0.39, 0.29) is 11.6 Å². The zero-order chi connectivity index (χ0) is 23.6. The highest BCUT2D eigenvalue weighted by atomic mass is 15.6. The lowest BCUT2D eigenvalue weighted by atomic mass is 9.98. The van der Waals surface area contributed by atoms with Crippen LogP contribution in [0.1, 0.15) is 61.3 Å². The maximum Gasteiger partial charge on any atom is 0.173 e. The van der Waals surface area contributed by atoms with Crippen molar-refractivity contribution in [1.82, 2.24) is 25.1 Å². The van der Waals surface area contributed by atoms with Crippen LogP contribution in [0, 0.1) is 25.2 Å². The van der Waals surface area contributed by atoms with E-state index in [1.54, 1.807) is 0 Å². The molecule has 33 heavy (non-hydrogen) atoms. The van der Waals surface area contributed by atoms with E-state index in [0.29, 0.717) is 5.56 Å². The summed E-state index contributed by atoms with van der Waals surface area (Å²) in [5, 5.41) is 22.4. The number of aromatic nitrogens is 4. The molecule has 0 radical (unpaired) electrons. The molecule has 7 nitrogen and oxygen atoms in total. The van der Waals surface area contributed by atoms with Gasteiger partial charge in [0.15, 0.2) is 5.82 Å². The van der Waals surface area contributed by atoms with Gasteiger partial charge in [0.05, 0.1) is 23.2 Å². The van der Waals surface area contributed by atoms with E-state index < -0.39 is 0 Å². The van der Waals surface area contributed by atoms with Crippen LogP contribution in [-0.2, 0) is 5.54 Å². The summed E-state index contributed by atoms with van der Waals surface area (Å²) in [6.45, 7) is 14.5. The van der Waals surface area contributed by atoms with E-state index in [2.05, 4.69) is 90.3 Å². The summed E-state index contributed by atoms with van der Waals surface area (Å²) in [6.07, 6.45) is 0.913. The third-order valence-corrected chi connectivity index (χ3v) is 7.10. The SMILES string of the molecule is CCC(C)(C)n1nnnc1[C@@H](c1cccc(C#N)c1)N1CCN(c2cccc(C)c2C)CC1. The van der Waals surface area contributed by atoms with Crippen LogP contribution >= 0.6 is 0 Å². The third kappa shape index (κ3) is 4.49. The summed E-state index contributed by atoms with van der Waals surface area (Å²) < 4.78 is 1.97. The van der Waals surface area contributed by atoms with Gasteiger partial charge in [-0.25, -0.2) is 4.68 Å². The number of nitrogens with zero attached hydrogens (tertiary/aromatic N) is 7. The van der Waals surface area contributed by atoms with Crippen molar-refractivity contribution in [1.29, 1.82) is 5.26 Å². The molecule has 4 rings (SSSR count). The molecule has 0 bridgehead atoms. The van der Waals surface area contributed by atoms with Crippen molar-refractivity contribution in [2.45, 2.75) is 52.6 Å². The topological polar surface area (TPSA) is 73.9 Å². The molecule has 0 spiro atoms. The Morgan fingerprint density at radius 2 is 1.79 bits per heavy atom. The molecule has 2 aromatic carbocycles. The van der Waals surface area contributed by atoms with Gasteiger partial charge in [-0.1, -0.05) is 31.2 Å². The highest BCUT2D eigenvalue weighted by Crippen LogP contribution is 2.33. The van der Waals surface area contributed by atoms with E-state index >= 15 is 0 Å². The van der Waals surface area contributed by atoms with Crippen molar-refractivity contribution in [3.05, 3.63) is 70.5 Å². The number of hydrogen-bond donors (Lipinski definition) is 0. The first kappa shape index (κ1) is 22.9. The Morgan fingerprint density at radius 3 is 2.48 bits per heavy atom. The average molecular weight is 444 g/mol. The molecule has 0 unspecified atom stereocenters. The van der Waals surface area contributed by atoms with Crippen LogP contribution in [0.2, 0.25) is 0 Å². The summed E-state index contributed by atoms with van der Waals surface area (Å²) in [5.74, 6) is 0.831. The second-order valence-electron chi connectivity index (χ2n) is 9.50. The molecule has 1 atom stereocenters. The molecule has 7 heteroatoms. The number of hydrogen-bond acceptors (Lipinski definition) is 6. The molecule has 1 aliphatic heterocycles. The summed E-state index contributed by atoms with van der Waals surface area (Å²) in [4.78, 5) is 4.92. The van der Waals surface area contributed by atoms with Crippen molar-refractivity contribution >= 4 is 5.69 Å². The average Bonchev–Trinajstić information content (AvgIpc) is 3.32. The van der Waals surface area contributed by atoms with Crippen molar-refractivity contribution in [3.63, 3.8) is 0 Å². The van der Waals surface area contributed by atoms with E-state index in [4.69, 9.17) is 0 Å². The first-order valence-electron chi connectivity index (χ1n) is 11.7. The van der Waals surface area contributed by atoms with Crippen LogP contribution in [0.3, 0.4) is 0 Å². The lowest BCUT2D eigenvalue weighted by molar-refractivity contribution is 0.187. The molecule has 0 N–H and O–H groups in total. The molecule has 0 saturated carbocycles. The second-order valence-corrected chi connectivity index (χ2v) is 9.50. The van der Waals surface area contributed by atoms with Gasteiger partial charge in [-0.05, 0) is 79.4 Å². The summed E-state index contributed by atoms with van der Waals surface area (Å²) in [5.41, 5.74) is 5.48. The number of piperazine rings is 1. The Hall–Kier alpha value is -3.24. The van der Waals surface area contributed by atoms with Crippen molar-refractivity contribution in [2.75, 3.05) is 31.1 Å². The third-order valence-electron chi connectivity index (χ3n) is 7.10. The molecule has 2 heterocycles. The standard InChI is InChI=1S/C26H33N7/c1-6-26(4,5)33-25(28-29-30-33)24(22-11-8-10-21(17-22)18-27)32-15-13-31(14-16-32)23-12-7-9-19(2)20(23)3/h7-12,17,24H,6,13-16H2,1-5H3/t24-/m1/s1. The van der Waals surface area contributed by atoms with E-state index in [1.165, 1.54) is 16.8 Å². The minimum Gasteiger partial charge on any atom is -0.369 e. The normalized spacial score (nSPS) is 15.9. The molecular weight excluding hydrogens is 410 g/mol. The van der Waals surface area contributed by atoms with Gasteiger partial charge < -0.3 is 4.90 Å². The number of benzene rings is 2. The van der Waals surface area contributed by atoms with Gasteiger partial charge in [-0.15, -0.1) is 5.10 Å². The molecular formula is C26H33N7. The number of rotatable bonds is 6. The Bertz CT molecular complexity index is 1150. The lowest BCUT2D eigenvalue weighted by Crippen LogP contribution is -2.49. The predicted octanol–water partition coefficient (Wildman–Crippen LogP) is 4.22. The summed E-state index contributed by atoms with van der Waals surface area (Å²) in [7, 11) is 0. The minimum atomic E-state index is -0.204. The Balaban J connectivity index is 1.68. The largest absolute Gasteiger partial charge is 0.369 e. The fourth-order valence-corrected chi connectivity index (χ4v) is 4.55. The van der Waals surface area contributed by atoms with Gasteiger partial charge in [0.1, 0.15) is 0 Å². The molecule has 1 aliphatic rings. The first-order valence-corrected chi connectivity index (χ1v) is 11.7. The van der Waals surface area contributed by atoms with Gasteiger partial charge in [0.2, 0.25) is 0 Å². The van der Waals surface area contributed by atoms with Crippen LogP contribution in [0.5, 0.6) is 0 Å². The fourth-order valence-electron chi connectivity index (χ4n) is 4.55. The fraction of sp³-hybridized carbons (Fsp3) is 0.462. The monoisotopic (exact) mass is 443 g/mol. The highest BCUT2D eigenvalue weighted by Gasteiger charge is 2.34. The molecule has 0 aliphatic carbocycles. The Kier molecular flexibility index (Phi) is 6.48. The number of tetrazole rings is 1. The zero-order valence-electron chi connectivity index (χ0n) is 20.3. The maximum absolute atomic E-state index is 9.50. The minimum absolute atomic E-state index is 0.111. The Morgan fingerprint density at radius 1 is 1.06 bits per heavy atom. The van der Waals surface area contributed by atoms with Crippen molar-refractivity contribution in [2.24, 2.45) is 0 Å². The first-order chi connectivity index (χ1) is 15.9. The van der Waals surface area contributed by atoms with Crippen LogP contribution in [0.25, 0.3) is 0 Å². The van der Waals surface area contributed by atoms with Gasteiger partial charge >= 0.3 is 0 Å². The van der Waals surface area contributed by atoms with Crippen molar-refractivity contribution < 1.29 is 0 Å². The quantitative estimate of drug-likeness (QED) is 0.568. The van der Waals surface area contributed by atoms with Crippen LogP contribution in [0.4, 0.5) is 5.69 Å². The molecule has 1 fully saturated rings. The molecule has 172 valence electrons. The van der Waals surface area contributed by atoms with E-state index in [9.17, 15) is 5.26 Å². The molecule has 3 aromatic rings. The van der Waals surface area contributed by atoms with Crippen LogP contribution in [0.15, 0.2) is 42.5 Å². The number of nitriles is 1. The zero-order valence-corrected chi connectivity index (χ0v) is 20.3. The smallest absolute Gasteiger partial charge is 0.173 e. The number of anilines is 1. The number of aryl methyl sites for hydroxylation is 1.